The van der Waals surface area contributed by atoms with Crippen molar-refractivity contribution in [3.63, 3.8) is 0 Å². The largest absolute Gasteiger partial charge is 1.00 e. The zero-order valence-electron chi connectivity index (χ0n) is 13.2. The van der Waals surface area contributed by atoms with Crippen molar-refractivity contribution < 1.29 is 38.1 Å². The molecular weight excluding hydrogens is 391 g/mol. The monoisotopic (exact) mass is 410 g/mol. The fraction of sp³-hybridized carbons (Fsp3) is 0.353. The molecule has 1 aliphatic rings. The van der Waals surface area contributed by atoms with E-state index in [1.54, 1.807) is 24.3 Å². The molecule has 3 rings (SSSR count). The van der Waals surface area contributed by atoms with E-state index < -0.39 is 0 Å². The maximum atomic E-state index is 12.8. The molecule has 0 unspecified atom stereocenters. The topological polar surface area (TPSA) is 43.0 Å². The molecule has 0 fully saturated rings. The Balaban J connectivity index is 0.00000176. The Morgan fingerprint density at radius 2 is 1.64 bits per heavy atom. The molecule has 0 radical (unpaired) electrons. The van der Waals surface area contributed by atoms with E-state index >= 15 is 0 Å². The van der Waals surface area contributed by atoms with Gasteiger partial charge < -0.3 is 24.0 Å². The normalized spacial score (nSPS) is 13.0. The van der Waals surface area contributed by atoms with Crippen molar-refractivity contribution >= 4 is 11.6 Å². The van der Waals surface area contributed by atoms with E-state index in [0.29, 0.717) is 28.4 Å². The molecule has 0 amide bonds. The molecule has 0 aliphatic heterocycles. The minimum atomic E-state index is -0.0618. The summed E-state index contributed by atoms with van der Waals surface area (Å²) in [5.74, 6) is 1.22. The lowest BCUT2D eigenvalue weighted by molar-refractivity contribution is -0.679. The number of imidazole rings is 1. The van der Waals surface area contributed by atoms with Crippen molar-refractivity contribution in [2.24, 2.45) is 13.0 Å². The molecule has 1 heterocycles. The van der Waals surface area contributed by atoms with Gasteiger partial charge in [0.05, 0.1) is 13.6 Å². The number of hydrogen-bond donors (Lipinski definition) is 0. The number of benzene rings is 1. The van der Waals surface area contributed by atoms with Crippen LogP contribution < -0.4 is 28.5 Å². The second-order valence-electron chi connectivity index (χ2n) is 6.01. The van der Waals surface area contributed by atoms with Crippen LogP contribution in [0.15, 0.2) is 24.3 Å². The highest BCUT2D eigenvalue weighted by Gasteiger charge is 2.41. The van der Waals surface area contributed by atoms with Crippen molar-refractivity contribution in [3.05, 3.63) is 52.6 Å². The van der Waals surface area contributed by atoms with Crippen LogP contribution in [-0.4, -0.2) is 16.1 Å². The summed E-state index contributed by atoms with van der Waals surface area (Å²) in [6.45, 7) is 6.89. The Hall–Kier alpha value is -1.50. The van der Waals surface area contributed by atoms with Gasteiger partial charge in [0.15, 0.2) is 0 Å². The van der Waals surface area contributed by atoms with Crippen LogP contribution >= 0.6 is 0 Å². The van der Waals surface area contributed by atoms with Crippen LogP contribution in [0.25, 0.3) is 0 Å². The number of nitrogens with zero attached hydrogens (tertiary/aromatic N) is 2. The lowest BCUT2D eigenvalue weighted by atomic mass is 9.90. The molecular formula is C17H19IN2O2. The van der Waals surface area contributed by atoms with Crippen LogP contribution in [-0.2, 0) is 13.6 Å². The lowest BCUT2D eigenvalue weighted by Gasteiger charge is -2.12. The number of aromatic nitrogens is 2. The number of hydrogen-bond acceptors (Lipinski definition) is 2. The zero-order chi connectivity index (χ0) is 15.3. The maximum absolute atomic E-state index is 12.8. The summed E-state index contributed by atoms with van der Waals surface area (Å²) in [5, 5.41) is 0. The Bertz CT molecular complexity index is 775. The number of fused-ring (bicyclic) bond motifs is 2. The SMILES string of the molecule is Cc1n(CC(C)C)c2c([n+]1C)C(=O)c1ccccc1C2=O.[I-]. The second kappa shape index (κ2) is 5.95. The van der Waals surface area contributed by atoms with Crippen LogP contribution in [0.5, 0.6) is 0 Å². The predicted octanol–water partition coefficient (Wildman–Crippen LogP) is -0.944. The molecule has 1 aliphatic carbocycles. The van der Waals surface area contributed by atoms with Gasteiger partial charge in [0.1, 0.15) is 0 Å². The molecule has 0 saturated carbocycles. The smallest absolute Gasteiger partial charge is 0.254 e. The van der Waals surface area contributed by atoms with E-state index in [-0.39, 0.29) is 35.5 Å². The molecule has 0 N–H and O–H groups in total. The summed E-state index contributed by atoms with van der Waals surface area (Å²) in [5.41, 5.74) is 2.06. The van der Waals surface area contributed by atoms with Crippen LogP contribution in [0.2, 0.25) is 0 Å². The highest BCUT2D eigenvalue weighted by atomic mass is 127. The molecule has 0 saturated heterocycles. The molecule has 1 aromatic heterocycles. The Kier molecular flexibility index (Phi) is 4.56. The minimum absolute atomic E-state index is 0. The van der Waals surface area contributed by atoms with E-state index in [2.05, 4.69) is 13.8 Å². The van der Waals surface area contributed by atoms with Gasteiger partial charge in [0.25, 0.3) is 5.82 Å². The van der Waals surface area contributed by atoms with Gasteiger partial charge in [-0.25, -0.2) is 9.13 Å². The summed E-state index contributed by atoms with van der Waals surface area (Å²) < 4.78 is 3.82. The Morgan fingerprint density at radius 3 is 2.18 bits per heavy atom. The van der Waals surface area contributed by atoms with Gasteiger partial charge in [0, 0.05) is 18.1 Å². The van der Waals surface area contributed by atoms with Gasteiger partial charge in [-0.3, -0.25) is 9.59 Å². The first-order valence-corrected chi connectivity index (χ1v) is 7.21. The molecule has 116 valence electrons. The van der Waals surface area contributed by atoms with Gasteiger partial charge in [-0.05, 0) is 5.92 Å². The lowest BCUT2D eigenvalue weighted by Crippen LogP contribution is -3.00. The van der Waals surface area contributed by atoms with E-state index in [9.17, 15) is 9.59 Å². The summed E-state index contributed by atoms with van der Waals surface area (Å²) >= 11 is 0. The number of ketones is 2. The fourth-order valence-electron chi connectivity index (χ4n) is 3.00. The third-order valence-corrected chi connectivity index (χ3v) is 4.10. The Morgan fingerprint density at radius 1 is 1.09 bits per heavy atom. The standard InChI is InChI=1S/C17H19N2O2.HI/c1-10(2)9-19-11(3)18(4)14-15(19)17(21)13-8-6-5-7-12(13)16(14)20;/h5-8,10H,9H2,1-4H3;1H/q+1;/p-1. The van der Waals surface area contributed by atoms with Gasteiger partial charge >= 0.3 is 0 Å². The first kappa shape index (κ1) is 16.9. The van der Waals surface area contributed by atoms with Crippen molar-refractivity contribution in [1.82, 2.24) is 4.57 Å². The van der Waals surface area contributed by atoms with Crippen molar-refractivity contribution in [2.75, 3.05) is 0 Å². The van der Waals surface area contributed by atoms with E-state index in [1.807, 2.05) is 23.1 Å². The second-order valence-corrected chi connectivity index (χ2v) is 6.01. The Labute approximate surface area is 147 Å². The summed E-state index contributed by atoms with van der Waals surface area (Å²) in [6, 6.07) is 7.07. The molecule has 0 bridgehead atoms. The average molecular weight is 410 g/mol. The highest BCUT2D eigenvalue weighted by Crippen LogP contribution is 2.27. The molecule has 2 aromatic rings. The van der Waals surface area contributed by atoms with Gasteiger partial charge in [-0.1, -0.05) is 38.1 Å². The van der Waals surface area contributed by atoms with Gasteiger partial charge in [0.2, 0.25) is 23.0 Å². The number of halogens is 1. The van der Waals surface area contributed by atoms with Crippen LogP contribution in [0.3, 0.4) is 0 Å². The zero-order valence-corrected chi connectivity index (χ0v) is 15.3. The fourth-order valence-corrected chi connectivity index (χ4v) is 3.00. The number of rotatable bonds is 2. The average Bonchev–Trinajstić information content (AvgIpc) is 2.70. The molecule has 0 atom stereocenters. The predicted molar refractivity (Wildman–Crippen MR) is 78.5 cm³/mol. The molecule has 4 nitrogen and oxygen atoms in total. The van der Waals surface area contributed by atoms with E-state index in [1.165, 1.54) is 0 Å². The van der Waals surface area contributed by atoms with E-state index in [0.717, 1.165) is 12.4 Å². The summed E-state index contributed by atoms with van der Waals surface area (Å²) in [7, 11) is 1.85. The number of carbonyl (C=O) groups is 2. The quantitative estimate of drug-likeness (QED) is 0.404. The molecule has 1 aromatic carbocycles. The van der Waals surface area contributed by atoms with Gasteiger partial charge in [-0.2, -0.15) is 0 Å². The summed E-state index contributed by atoms with van der Waals surface area (Å²) in [6.07, 6.45) is 0. The van der Waals surface area contributed by atoms with E-state index in [4.69, 9.17) is 0 Å². The molecule has 22 heavy (non-hydrogen) atoms. The number of carbonyl (C=O) groups excluding carboxylic acids is 2. The van der Waals surface area contributed by atoms with Crippen molar-refractivity contribution in [3.8, 4) is 0 Å². The first-order chi connectivity index (χ1) is 9.93. The highest BCUT2D eigenvalue weighted by molar-refractivity contribution is 6.26. The third kappa shape index (κ3) is 2.31. The van der Waals surface area contributed by atoms with Crippen molar-refractivity contribution in [2.45, 2.75) is 27.3 Å². The maximum Gasteiger partial charge on any atom is 0.254 e. The van der Waals surface area contributed by atoms with Gasteiger partial charge in [-0.15, -0.1) is 0 Å². The third-order valence-electron chi connectivity index (χ3n) is 4.10. The van der Waals surface area contributed by atoms with Crippen molar-refractivity contribution in [1.29, 1.82) is 0 Å². The molecule has 0 spiro atoms. The molecule has 5 heteroatoms. The first-order valence-electron chi connectivity index (χ1n) is 7.21. The van der Waals surface area contributed by atoms with Crippen LogP contribution in [0.1, 0.15) is 51.8 Å². The van der Waals surface area contributed by atoms with Crippen LogP contribution in [0, 0.1) is 12.8 Å². The summed E-state index contributed by atoms with van der Waals surface area (Å²) in [4.78, 5) is 25.6. The minimum Gasteiger partial charge on any atom is -1.00 e. The van der Waals surface area contributed by atoms with Crippen LogP contribution in [0.4, 0.5) is 0 Å².